The maximum Gasteiger partial charge on any atom is 0.0416 e. The van der Waals surface area contributed by atoms with Crippen molar-refractivity contribution < 1.29 is 0 Å². The van der Waals surface area contributed by atoms with E-state index in [9.17, 15) is 0 Å². The van der Waals surface area contributed by atoms with E-state index in [0.29, 0.717) is 5.41 Å². The van der Waals surface area contributed by atoms with E-state index in [1.165, 1.54) is 17.7 Å². The minimum Gasteiger partial charge on any atom is -0.260 e. The molecule has 0 aliphatic rings. The summed E-state index contributed by atoms with van der Waals surface area (Å²) >= 11 is 3.46. The van der Waals surface area contributed by atoms with E-state index in [4.69, 9.17) is 0 Å². The molecule has 0 saturated carbocycles. The van der Waals surface area contributed by atoms with Gasteiger partial charge in [-0.2, -0.15) is 0 Å². The van der Waals surface area contributed by atoms with Gasteiger partial charge in [-0.3, -0.25) is 4.98 Å². The number of hydrogen-bond donors (Lipinski definition) is 0. The van der Waals surface area contributed by atoms with E-state index in [-0.39, 0.29) is 0 Å². The number of aryl methyl sites for hydroxylation is 2. The number of hydrogen-bond acceptors (Lipinski definition) is 1. The Morgan fingerprint density at radius 3 is 2.50 bits per heavy atom. The lowest BCUT2D eigenvalue weighted by Crippen LogP contribution is -2.07. The first-order chi connectivity index (χ1) is 6.38. The maximum absolute atomic E-state index is 4.40. The molecule has 0 N–H and O–H groups in total. The van der Waals surface area contributed by atoms with Crippen LogP contribution < -0.4 is 0 Å². The summed E-state index contributed by atoms with van der Waals surface area (Å²) in [6.07, 6.45) is 4.14. The number of aromatic nitrogens is 1. The highest BCUT2D eigenvalue weighted by Gasteiger charge is 2.10. The first-order valence-corrected chi connectivity index (χ1v) is 5.79. The van der Waals surface area contributed by atoms with Crippen molar-refractivity contribution in [3.63, 3.8) is 0 Å². The zero-order chi connectivity index (χ0) is 10.8. The molecule has 0 aromatic carbocycles. The Kier molecular flexibility index (Phi) is 3.71. The summed E-state index contributed by atoms with van der Waals surface area (Å²) in [6.45, 7) is 8.89. The molecule has 0 fully saturated rings. The molecule has 14 heavy (non-hydrogen) atoms. The molecular formula is C12H18BrN. The molecule has 0 bridgehead atoms. The Bertz CT molecular complexity index is 313. The summed E-state index contributed by atoms with van der Waals surface area (Å²) < 4.78 is 1.09. The maximum atomic E-state index is 4.40. The molecule has 0 amide bonds. The smallest absolute Gasteiger partial charge is 0.0416 e. The van der Waals surface area contributed by atoms with Crippen LogP contribution in [0.5, 0.6) is 0 Å². The van der Waals surface area contributed by atoms with Gasteiger partial charge < -0.3 is 0 Å². The van der Waals surface area contributed by atoms with Gasteiger partial charge in [0.2, 0.25) is 0 Å². The van der Waals surface area contributed by atoms with Crippen LogP contribution in [-0.4, -0.2) is 4.98 Å². The van der Waals surface area contributed by atoms with Crippen LogP contribution in [0.1, 0.15) is 38.4 Å². The summed E-state index contributed by atoms with van der Waals surface area (Å²) in [5.74, 6) is 0. The monoisotopic (exact) mass is 255 g/mol. The number of pyridine rings is 1. The molecule has 0 unspecified atom stereocenters. The normalized spacial score (nSPS) is 11.8. The summed E-state index contributed by atoms with van der Waals surface area (Å²) in [5.41, 5.74) is 2.85. The molecule has 0 saturated heterocycles. The van der Waals surface area contributed by atoms with Crippen molar-refractivity contribution in [3.8, 4) is 0 Å². The van der Waals surface area contributed by atoms with Crippen LogP contribution in [0.3, 0.4) is 0 Å². The van der Waals surface area contributed by atoms with E-state index >= 15 is 0 Å². The third-order valence-corrected chi connectivity index (χ3v) is 3.06. The molecule has 0 atom stereocenters. The SMILES string of the molecule is Cc1cc(CCC(C)(C)C)ncc1Br. The van der Waals surface area contributed by atoms with Crippen molar-refractivity contribution in [1.82, 2.24) is 4.98 Å². The summed E-state index contributed by atoms with van der Waals surface area (Å²) in [5, 5.41) is 0. The van der Waals surface area contributed by atoms with Crippen molar-refractivity contribution in [1.29, 1.82) is 0 Å². The van der Waals surface area contributed by atoms with E-state index < -0.39 is 0 Å². The van der Waals surface area contributed by atoms with E-state index in [2.05, 4.69) is 54.7 Å². The second kappa shape index (κ2) is 4.43. The standard InChI is InChI=1S/C12H18BrN/c1-9-7-10(14-8-11(9)13)5-6-12(2,3)4/h7-8H,5-6H2,1-4H3. The van der Waals surface area contributed by atoms with Crippen LogP contribution in [0, 0.1) is 12.3 Å². The highest BCUT2D eigenvalue weighted by atomic mass is 79.9. The lowest BCUT2D eigenvalue weighted by atomic mass is 9.90. The minimum atomic E-state index is 0.392. The summed E-state index contributed by atoms with van der Waals surface area (Å²) in [7, 11) is 0. The van der Waals surface area contributed by atoms with Crippen molar-refractivity contribution >= 4 is 15.9 Å². The minimum absolute atomic E-state index is 0.392. The second-order valence-electron chi connectivity index (χ2n) is 4.99. The van der Waals surface area contributed by atoms with E-state index in [1.807, 2.05) is 6.20 Å². The van der Waals surface area contributed by atoms with Crippen molar-refractivity contribution in [2.24, 2.45) is 5.41 Å². The highest BCUT2D eigenvalue weighted by Crippen LogP contribution is 2.22. The fraction of sp³-hybridized carbons (Fsp3) is 0.583. The molecule has 0 aliphatic carbocycles. The van der Waals surface area contributed by atoms with Crippen LogP contribution in [-0.2, 0) is 6.42 Å². The average molecular weight is 256 g/mol. The predicted molar refractivity (Wildman–Crippen MR) is 64.5 cm³/mol. The highest BCUT2D eigenvalue weighted by molar-refractivity contribution is 9.10. The van der Waals surface area contributed by atoms with E-state index in [0.717, 1.165) is 10.9 Å². The van der Waals surface area contributed by atoms with Gasteiger partial charge in [-0.15, -0.1) is 0 Å². The van der Waals surface area contributed by atoms with Gasteiger partial charge in [0.15, 0.2) is 0 Å². The van der Waals surface area contributed by atoms with Gasteiger partial charge in [0.25, 0.3) is 0 Å². The van der Waals surface area contributed by atoms with Gasteiger partial charge >= 0.3 is 0 Å². The van der Waals surface area contributed by atoms with Crippen molar-refractivity contribution in [2.45, 2.75) is 40.5 Å². The molecule has 1 heterocycles. The first kappa shape index (κ1) is 11.7. The zero-order valence-electron chi connectivity index (χ0n) is 9.39. The van der Waals surface area contributed by atoms with Gasteiger partial charge in [-0.25, -0.2) is 0 Å². The van der Waals surface area contributed by atoms with Crippen LogP contribution in [0.4, 0.5) is 0 Å². The Labute approximate surface area is 95.1 Å². The van der Waals surface area contributed by atoms with Crippen molar-refractivity contribution in [3.05, 3.63) is 28.0 Å². The van der Waals surface area contributed by atoms with Crippen LogP contribution in [0.25, 0.3) is 0 Å². The second-order valence-corrected chi connectivity index (χ2v) is 5.84. The lowest BCUT2D eigenvalue weighted by molar-refractivity contribution is 0.376. The Morgan fingerprint density at radius 1 is 1.36 bits per heavy atom. The van der Waals surface area contributed by atoms with Gasteiger partial charge in [0.05, 0.1) is 0 Å². The van der Waals surface area contributed by atoms with Crippen LogP contribution in [0.2, 0.25) is 0 Å². The Morgan fingerprint density at radius 2 is 2.00 bits per heavy atom. The molecule has 0 aliphatic heterocycles. The molecule has 2 heteroatoms. The van der Waals surface area contributed by atoms with Gasteiger partial charge in [-0.1, -0.05) is 20.8 Å². The van der Waals surface area contributed by atoms with Crippen molar-refractivity contribution in [2.75, 3.05) is 0 Å². The number of nitrogens with zero attached hydrogens (tertiary/aromatic N) is 1. The first-order valence-electron chi connectivity index (χ1n) is 4.99. The van der Waals surface area contributed by atoms with Crippen LogP contribution in [0.15, 0.2) is 16.7 Å². The number of halogens is 1. The molecule has 1 aromatic heterocycles. The zero-order valence-corrected chi connectivity index (χ0v) is 11.0. The quantitative estimate of drug-likeness (QED) is 0.775. The third kappa shape index (κ3) is 3.79. The Hall–Kier alpha value is -0.370. The molecule has 1 rings (SSSR count). The van der Waals surface area contributed by atoms with Gasteiger partial charge in [0, 0.05) is 16.4 Å². The topological polar surface area (TPSA) is 12.9 Å². The lowest BCUT2D eigenvalue weighted by Gasteiger charge is -2.17. The fourth-order valence-electron chi connectivity index (χ4n) is 1.24. The predicted octanol–water partition coefficient (Wildman–Crippen LogP) is 4.13. The molecule has 1 aromatic rings. The Balaban J connectivity index is 2.65. The van der Waals surface area contributed by atoms with Crippen LogP contribution >= 0.6 is 15.9 Å². The molecule has 0 spiro atoms. The summed E-state index contributed by atoms with van der Waals surface area (Å²) in [6, 6.07) is 2.16. The third-order valence-electron chi connectivity index (χ3n) is 2.23. The van der Waals surface area contributed by atoms with E-state index in [1.54, 1.807) is 0 Å². The number of rotatable bonds is 2. The molecule has 1 nitrogen and oxygen atoms in total. The summed E-state index contributed by atoms with van der Waals surface area (Å²) in [4.78, 5) is 4.40. The molecule has 78 valence electrons. The largest absolute Gasteiger partial charge is 0.260 e. The molecule has 0 radical (unpaired) electrons. The van der Waals surface area contributed by atoms with Gasteiger partial charge in [0.1, 0.15) is 0 Å². The average Bonchev–Trinajstić information content (AvgIpc) is 2.06. The molecular weight excluding hydrogens is 238 g/mol. The van der Waals surface area contributed by atoms with Gasteiger partial charge in [-0.05, 0) is 52.7 Å². The fourth-order valence-corrected chi connectivity index (χ4v) is 1.45.